The molecule has 5 heterocycles. The minimum atomic E-state index is -1.34. The topological polar surface area (TPSA) is 129 Å². The smallest absolute Gasteiger partial charge is 0.407 e. The van der Waals surface area contributed by atoms with Gasteiger partial charge in [0.25, 0.3) is 0 Å². The van der Waals surface area contributed by atoms with E-state index in [0.717, 1.165) is 47.3 Å². The second-order valence-corrected chi connectivity index (χ2v) is 27.6. The summed E-state index contributed by atoms with van der Waals surface area (Å²) in [4.78, 5) is 25.8. The van der Waals surface area contributed by atoms with Crippen LogP contribution < -0.4 is 4.90 Å². The number of nitrogens with zero attached hydrogens (tertiary/aromatic N) is 7. The molecule has 0 saturated carbocycles. The number of carboxylic acid groups (broad SMARTS) is 1. The number of ether oxygens (including phenoxy) is 2. The number of aromatic nitrogens is 4. The van der Waals surface area contributed by atoms with E-state index < -0.39 is 22.2 Å². The number of pyridine rings is 1. The second-order valence-electron chi connectivity index (χ2n) is 16.4. The van der Waals surface area contributed by atoms with Crippen molar-refractivity contribution in [1.82, 2.24) is 24.5 Å². The molecule has 13 heteroatoms. The molecule has 2 unspecified atom stereocenters. The van der Waals surface area contributed by atoms with E-state index in [2.05, 4.69) is 45.4 Å². The van der Waals surface area contributed by atoms with Crippen LogP contribution in [0.4, 0.5) is 10.6 Å². The molecule has 2 saturated heterocycles. The predicted octanol–water partition coefficient (Wildman–Crippen LogP) is 8.15. The third-order valence-electron chi connectivity index (χ3n) is 10.0. The molecule has 51 heavy (non-hydrogen) atoms. The van der Waals surface area contributed by atoms with Crippen molar-refractivity contribution in [3.63, 3.8) is 0 Å². The Hall–Kier alpha value is -4.10. The molecule has 4 aromatic rings. The fourth-order valence-electron chi connectivity index (χ4n) is 7.20. The zero-order valence-corrected chi connectivity index (χ0v) is 32.8. The first-order valence-electron chi connectivity index (χ1n) is 18.1. The van der Waals surface area contributed by atoms with Crippen LogP contribution in [0, 0.1) is 11.3 Å². The Bertz CT molecular complexity index is 1830. The van der Waals surface area contributed by atoms with Gasteiger partial charge < -0.3 is 24.4 Å². The quantitative estimate of drug-likeness (QED) is 0.0778. The Morgan fingerprint density at radius 1 is 0.922 bits per heavy atom. The summed E-state index contributed by atoms with van der Waals surface area (Å²) in [5, 5.41) is 25.7. The molecular weight excluding hydrogens is 675 g/mol. The first-order valence-corrected chi connectivity index (χ1v) is 25.5. The maximum atomic E-state index is 12.2. The number of hydrogen-bond donors (Lipinski definition) is 1. The first kappa shape index (κ1) is 36.7. The van der Waals surface area contributed by atoms with E-state index in [1.807, 2.05) is 53.6 Å². The van der Waals surface area contributed by atoms with Crippen LogP contribution in [0.15, 0.2) is 54.9 Å². The van der Waals surface area contributed by atoms with Gasteiger partial charge in [0.05, 0.1) is 17.6 Å². The number of hydrogen-bond acceptors (Lipinski definition) is 8. The van der Waals surface area contributed by atoms with Crippen molar-refractivity contribution < 1.29 is 19.4 Å². The number of amides is 1. The fourth-order valence-corrected chi connectivity index (χ4v) is 8.72. The number of nitriles is 1. The molecule has 0 spiro atoms. The monoisotopic (exact) mass is 725 g/mol. The molecule has 2 fully saturated rings. The molecule has 11 nitrogen and oxygen atoms in total. The zero-order valence-electron chi connectivity index (χ0n) is 30.8. The summed E-state index contributed by atoms with van der Waals surface area (Å²) in [6, 6.07) is 18.5. The molecule has 1 aromatic carbocycles. The normalized spacial score (nSPS) is 19.0. The average molecular weight is 726 g/mol. The average Bonchev–Trinajstić information content (AvgIpc) is 3.64. The fraction of sp³-hybridized carbons (Fsp3) is 0.500. The highest BCUT2D eigenvalue weighted by atomic mass is 28.3. The first-order chi connectivity index (χ1) is 24.3. The minimum Gasteiger partial charge on any atom is -0.465 e. The summed E-state index contributed by atoms with van der Waals surface area (Å²) in [6.07, 6.45) is 5.66. The van der Waals surface area contributed by atoms with Gasteiger partial charge in [-0.15, -0.1) is 0 Å². The molecule has 0 aliphatic carbocycles. The van der Waals surface area contributed by atoms with Gasteiger partial charge in [0.15, 0.2) is 11.5 Å². The Morgan fingerprint density at radius 2 is 1.55 bits per heavy atom. The number of fused-ring (bicyclic) bond motifs is 3. The van der Waals surface area contributed by atoms with Gasteiger partial charge in [-0.2, -0.15) is 14.9 Å². The van der Waals surface area contributed by atoms with Crippen LogP contribution >= 0.6 is 0 Å². The molecule has 6 rings (SSSR count). The number of benzene rings is 1. The summed E-state index contributed by atoms with van der Waals surface area (Å²) in [5.74, 6) is 0.506. The van der Waals surface area contributed by atoms with Gasteiger partial charge in [-0.3, -0.25) is 4.98 Å². The lowest BCUT2D eigenvalue weighted by atomic mass is 9.86. The van der Waals surface area contributed by atoms with Crippen molar-refractivity contribution in [2.45, 2.75) is 95.1 Å². The third kappa shape index (κ3) is 8.52. The summed E-state index contributed by atoms with van der Waals surface area (Å²) >= 11 is 0. The van der Waals surface area contributed by atoms with Crippen molar-refractivity contribution >= 4 is 33.7 Å². The Labute approximate surface area is 303 Å². The van der Waals surface area contributed by atoms with Crippen LogP contribution in [0.3, 0.4) is 0 Å². The molecule has 1 amide bonds. The van der Waals surface area contributed by atoms with Crippen molar-refractivity contribution in [3.8, 4) is 28.5 Å². The highest BCUT2D eigenvalue weighted by molar-refractivity contribution is 6.76. The van der Waals surface area contributed by atoms with Gasteiger partial charge in [0, 0.05) is 70.3 Å². The number of anilines is 1. The van der Waals surface area contributed by atoms with Crippen molar-refractivity contribution in [2.75, 3.05) is 31.6 Å². The predicted molar refractivity (Wildman–Crippen MR) is 205 cm³/mol. The summed E-state index contributed by atoms with van der Waals surface area (Å²) in [6.45, 7) is 15.7. The van der Waals surface area contributed by atoms with Gasteiger partial charge in [-0.1, -0.05) is 75.7 Å². The van der Waals surface area contributed by atoms with E-state index in [9.17, 15) is 15.2 Å². The summed E-state index contributed by atoms with van der Waals surface area (Å²) in [5.41, 5.74) is 5.32. The molecule has 2 atom stereocenters. The van der Waals surface area contributed by atoms with Crippen LogP contribution in [0.1, 0.15) is 42.9 Å². The van der Waals surface area contributed by atoms with Crippen LogP contribution in [0.25, 0.3) is 28.0 Å². The SMILES string of the molecule is C[Si](C)(C)CCOCN(COCC[Si](C)(C)C)c1c(C#N)c(C2CC3CCC(C2)N3C(=O)O)nc2c(-c3ccc(-c4ccccc4)nc3)cnn12. The maximum Gasteiger partial charge on any atom is 0.407 e. The van der Waals surface area contributed by atoms with Crippen LogP contribution in [0.5, 0.6) is 0 Å². The highest BCUT2D eigenvalue weighted by Crippen LogP contribution is 2.45. The van der Waals surface area contributed by atoms with Gasteiger partial charge in [0.2, 0.25) is 0 Å². The molecule has 2 bridgehead atoms. The lowest BCUT2D eigenvalue weighted by molar-refractivity contribution is 0.0933. The Kier molecular flexibility index (Phi) is 11.0. The molecular formula is C38H51N7O4Si2. The lowest BCUT2D eigenvalue weighted by Gasteiger charge is -2.37. The molecule has 0 radical (unpaired) electrons. The summed E-state index contributed by atoms with van der Waals surface area (Å²) in [7, 11) is -2.67. The third-order valence-corrected chi connectivity index (χ3v) is 13.4. The number of rotatable bonds is 14. The number of piperidine rings is 1. The van der Waals surface area contributed by atoms with Gasteiger partial charge in [0.1, 0.15) is 25.1 Å². The molecule has 2 aliphatic heterocycles. The van der Waals surface area contributed by atoms with Gasteiger partial charge >= 0.3 is 6.09 Å². The molecule has 3 aromatic heterocycles. The van der Waals surface area contributed by atoms with E-state index in [4.69, 9.17) is 24.5 Å². The van der Waals surface area contributed by atoms with Crippen LogP contribution in [0.2, 0.25) is 51.4 Å². The molecule has 1 N–H and O–H groups in total. The van der Waals surface area contributed by atoms with E-state index in [0.29, 0.717) is 48.8 Å². The Morgan fingerprint density at radius 3 is 2.08 bits per heavy atom. The lowest BCUT2D eigenvalue weighted by Crippen LogP contribution is -2.45. The minimum absolute atomic E-state index is 0.0831. The van der Waals surface area contributed by atoms with Crippen molar-refractivity contribution in [3.05, 3.63) is 66.1 Å². The Balaban J connectivity index is 1.44. The maximum absolute atomic E-state index is 12.2. The van der Waals surface area contributed by atoms with Crippen molar-refractivity contribution in [2.24, 2.45) is 0 Å². The van der Waals surface area contributed by atoms with Crippen LogP contribution in [-0.4, -0.2) is 90.6 Å². The van der Waals surface area contributed by atoms with E-state index >= 15 is 0 Å². The van der Waals surface area contributed by atoms with E-state index in [-0.39, 0.29) is 31.5 Å². The van der Waals surface area contributed by atoms with Gasteiger partial charge in [-0.05, 0) is 43.8 Å². The summed E-state index contributed by atoms with van der Waals surface area (Å²) < 4.78 is 14.4. The van der Waals surface area contributed by atoms with E-state index in [1.54, 1.807) is 15.6 Å². The number of carbonyl (C=O) groups is 1. The van der Waals surface area contributed by atoms with Crippen molar-refractivity contribution in [1.29, 1.82) is 5.26 Å². The van der Waals surface area contributed by atoms with Gasteiger partial charge in [-0.25, -0.2) is 9.78 Å². The highest BCUT2D eigenvalue weighted by Gasteiger charge is 2.45. The largest absolute Gasteiger partial charge is 0.465 e. The van der Waals surface area contributed by atoms with Crippen LogP contribution in [-0.2, 0) is 9.47 Å². The molecule has 270 valence electrons. The second kappa shape index (κ2) is 15.3. The van der Waals surface area contributed by atoms with E-state index in [1.165, 1.54) is 0 Å². The molecule has 2 aliphatic rings. The zero-order chi connectivity index (χ0) is 36.3. The standard InChI is InChI=1S/C38H51N7O4Si2/c1-50(2,3)18-16-48-25-43(26-49-17-19-51(4,5)6)37-32(22-39)35(29-20-30-13-14-31(21-29)44(30)38(46)47)42-36-33(24-41-45(36)37)28-12-15-34(40-23-28)27-10-8-7-9-11-27/h7-12,15,23-24,29-31H,13-14,16-21,25-26H2,1-6H3,(H,46,47).